The van der Waals surface area contributed by atoms with E-state index in [4.69, 9.17) is 23.7 Å². The van der Waals surface area contributed by atoms with E-state index in [1.165, 1.54) is 21.3 Å². The largest absolute Gasteiger partial charge is 0.481 e. The van der Waals surface area contributed by atoms with E-state index in [-0.39, 0.29) is 49.7 Å². The standard InChI is InChI=1S/C43H69NO14/c1-10-29-17-23(2)16-24(3)18-35(55-8)39-36(56-9)20-26(5)43(53,58-39)40(50)41(51)44-30(12-11-13-37(48)49)42(52)57-38(27(6)32(46)22-33(29)47)25(4)19-28-14-15-31(45)34(21-28)54-7/h17,19,24,26-32,34-36,38-39,45-46,53H,10-16,18,20-22H2,1-9H3,(H,44,51)(H,48,49)/b23-17-,25-19+/t24-,26+,27+,28-,29+,30-,31+,32-,34+,35-,36-,38?,39+,43+/m0/s1. The Morgan fingerprint density at radius 2 is 1.59 bits per heavy atom. The number of carbonyl (C=O) groups excluding carboxylic acids is 4. The van der Waals surface area contributed by atoms with Crippen LogP contribution in [0.1, 0.15) is 112 Å². The molecule has 1 saturated carbocycles. The van der Waals surface area contributed by atoms with Gasteiger partial charge in [-0.25, -0.2) is 4.79 Å². The smallest absolute Gasteiger partial charge is 0.329 e. The van der Waals surface area contributed by atoms with Crippen LogP contribution in [0.15, 0.2) is 23.3 Å². The third kappa shape index (κ3) is 13.0. The number of nitrogens with one attached hydrogen (secondary N) is 1. The molecule has 1 aliphatic carbocycles. The van der Waals surface area contributed by atoms with Gasteiger partial charge in [-0.05, 0) is 89.0 Å². The molecule has 330 valence electrons. The second-order valence-electron chi connectivity index (χ2n) is 17.0. The van der Waals surface area contributed by atoms with Crippen LogP contribution in [0.25, 0.3) is 0 Å². The number of methoxy groups -OCH3 is 3. The molecule has 15 heteroatoms. The number of rotatable bonds is 10. The monoisotopic (exact) mass is 823 g/mol. The highest BCUT2D eigenvalue weighted by Gasteiger charge is 2.55. The average molecular weight is 824 g/mol. The van der Waals surface area contributed by atoms with Gasteiger partial charge in [0, 0.05) is 51.9 Å². The van der Waals surface area contributed by atoms with Crippen molar-refractivity contribution in [3.63, 3.8) is 0 Å². The van der Waals surface area contributed by atoms with Crippen LogP contribution in [0.4, 0.5) is 0 Å². The van der Waals surface area contributed by atoms with Gasteiger partial charge < -0.3 is 49.4 Å². The van der Waals surface area contributed by atoms with Crippen LogP contribution in [-0.2, 0) is 47.7 Å². The minimum absolute atomic E-state index is 0.0158. The lowest BCUT2D eigenvalue weighted by atomic mass is 9.81. The number of aliphatic carboxylic acids is 1. The Morgan fingerprint density at radius 3 is 2.19 bits per heavy atom. The number of aliphatic hydroxyl groups excluding tert-OH is 2. The highest BCUT2D eigenvalue weighted by molar-refractivity contribution is 6.39. The number of allylic oxidation sites excluding steroid dienone is 3. The number of hydrogen-bond donors (Lipinski definition) is 5. The zero-order valence-corrected chi connectivity index (χ0v) is 35.8. The summed E-state index contributed by atoms with van der Waals surface area (Å²) < 4.78 is 29.3. The van der Waals surface area contributed by atoms with Crippen LogP contribution >= 0.6 is 0 Å². The first-order valence-corrected chi connectivity index (χ1v) is 20.8. The minimum atomic E-state index is -2.63. The van der Waals surface area contributed by atoms with E-state index in [0.29, 0.717) is 44.1 Å². The van der Waals surface area contributed by atoms with Crippen molar-refractivity contribution in [2.75, 3.05) is 21.3 Å². The second-order valence-corrected chi connectivity index (χ2v) is 17.0. The van der Waals surface area contributed by atoms with Gasteiger partial charge in [0.25, 0.3) is 11.7 Å². The summed E-state index contributed by atoms with van der Waals surface area (Å²) in [6, 6.07) is -1.54. The Labute approximate surface area is 343 Å². The molecular formula is C43H69NO14. The van der Waals surface area contributed by atoms with E-state index >= 15 is 0 Å². The number of carbonyl (C=O) groups is 5. The molecule has 2 bridgehead atoms. The van der Waals surface area contributed by atoms with Gasteiger partial charge in [0.05, 0.1) is 30.5 Å². The predicted octanol–water partition coefficient (Wildman–Crippen LogP) is 3.83. The molecule has 2 fully saturated rings. The molecule has 1 amide bonds. The van der Waals surface area contributed by atoms with Crippen molar-refractivity contribution in [1.29, 1.82) is 0 Å². The molecule has 0 radical (unpaired) electrons. The Hall–Kier alpha value is -3.05. The number of esters is 1. The van der Waals surface area contributed by atoms with Crippen LogP contribution in [0.2, 0.25) is 0 Å². The first-order chi connectivity index (χ1) is 27.3. The fourth-order valence-electron chi connectivity index (χ4n) is 8.78. The number of ether oxygens (including phenoxy) is 5. The van der Waals surface area contributed by atoms with Crippen molar-refractivity contribution in [3.05, 3.63) is 23.3 Å². The van der Waals surface area contributed by atoms with Crippen LogP contribution in [0.5, 0.6) is 0 Å². The number of Topliss-reactive ketones (excluding diaryl/α,β-unsaturated/α-hetero) is 2. The molecule has 15 nitrogen and oxygen atoms in total. The number of hydrogen-bond acceptors (Lipinski definition) is 13. The van der Waals surface area contributed by atoms with Gasteiger partial charge in [-0.15, -0.1) is 0 Å². The van der Waals surface area contributed by atoms with Gasteiger partial charge in [-0.1, -0.05) is 45.4 Å². The summed E-state index contributed by atoms with van der Waals surface area (Å²) in [6.45, 7) is 10.8. The Bertz CT molecular complexity index is 1480. The second kappa shape index (κ2) is 22.5. The van der Waals surface area contributed by atoms with E-state index in [9.17, 15) is 44.4 Å². The van der Waals surface area contributed by atoms with Crippen LogP contribution in [0, 0.1) is 29.6 Å². The van der Waals surface area contributed by atoms with E-state index < -0.39 is 95.9 Å². The minimum Gasteiger partial charge on any atom is -0.481 e. The molecule has 1 saturated heterocycles. The molecule has 14 atom stereocenters. The molecular weight excluding hydrogens is 754 g/mol. The van der Waals surface area contributed by atoms with Gasteiger partial charge in [-0.2, -0.15) is 0 Å². The summed E-state index contributed by atoms with van der Waals surface area (Å²) in [7, 11) is 4.49. The molecule has 2 heterocycles. The third-order valence-corrected chi connectivity index (χ3v) is 12.3. The normalized spacial score (nSPS) is 39.1. The molecule has 2 aliphatic heterocycles. The maximum absolute atomic E-state index is 14.2. The first-order valence-electron chi connectivity index (χ1n) is 20.8. The molecule has 58 heavy (non-hydrogen) atoms. The predicted molar refractivity (Wildman–Crippen MR) is 212 cm³/mol. The van der Waals surface area contributed by atoms with Crippen molar-refractivity contribution in [1.82, 2.24) is 5.32 Å². The lowest BCUT2D eigenvalue weighted by Crippen LogP contribution is -2.63. The number of amides is 1. The molecule has 3 aliphatic rings. The lowest BCUT2D eigenvalue weighted by molar-refractivity contribution is -0.302. The number of aliphatic hydroxyl groups is 3. The number of fused-ring (bicyclic) bond motifs is 2. The summed E-state index contributed by atoms with van der Waals surface area (Å²) in [5.41, 5.74) is 1.50. The molecule has 0 aromatic carbocycles. The van der Waals surface area contributed by atoms with Crippen molar-refractivity contribution in [2.45, 2.75) is 167 Å². The van der Waals surface area contributed by atoms with E-state index in [1.54, 1.807) is 20.8 Å². The van der Waals surface area contributed by atoms with Crippen molar-refractivity contribution < 1.29 is 68.1 Å². The van der Waals surface area contributed by atoms with E-state index in [0.717, 1.165) is 5.57 Å². The first kappa shape index (κ1) is 49.3. The van der Waals surface area contributed by atoms with E-state index in [1.807, 2.05) is 32.9 Å². The zero-order valence-electron chi connectivity index (χ0n) is 35.8. The number of cyclic esters (lactones) is 1. The summed E-state index contributed by atoms with van der Waals surface area (Å²) in [5, 5.41) is 45.6. The molecule has 3 rings (SSSR count). The maximum Gasteiger partial charge on any atom is 0.329 e. The van der Waals surface area contributed by atoms with Crippen molar-refractivity contribution in [2.24, 2.45) is 29.6 Å². The lowest BCUT2D eigenvalue weighted by Gasteiger charge is -2.46. The van der Waals surface area contributed by atoms with Crippen LogP contribution in [0.3, 0.4) is 0 Å². The fourth-order valence-corrected chi connectivity index (χ4v) is 8.78. The molecule has 0 aromatic heterocycles. The summed E-state index contributed by atoms with van der Waals surface area (Å²) in [4.78, 5) is 67.1. The maximum atomic E-state index is 14.2. The number of ketones is 2. The molecule has 5 N–H and O–H groups in total. The van der Waals surface area contributed by atoms with Gasteiger partial charge in [0.2, 0.25) is 5.79 Å². The van der Waals surface area contributed by atoms with Gasteiger partial charge in [-0.3, -0.25) is 19.2 Å². The fraction of sp³-hybridized carbons (Fsp3) is 0.791. The average Bonchev–Trinajstić information content (AvgIpc) is 3.17. The Kier molecular flexibility index (Phi) is 19.1. The number of carboxylic acid groups (broad SMARTS) is 1. The van der Waals surface area contributed by atoms with Gasteiger partial charge >= 0.3 is 11.9 Å². The SMILES string of the molecule is CC[C@@H]1/C=C(/C)C[C@H](C)C[C@H](OC)[C@H]2O[C@@](O)(C(=O)C(=O)N[C@@H](CCCC(=O)O)C(=O)OC(/C(C)=C/[C@@H]3CC[C@@H](O)[C@H](OC)C3)[C@H](C)[C@@H](O)CC1=O)[C@H](C)C[C@@H]2OC. The van der Waals surface area contributed by atoms with Gasteiger partial charge in [0.1, 0.15) is 24.0 Å². The summed E-state index contributed by atoms with van der Waals surface area (Å²) in [5.74, 6) is -9.99. The molecule has 1 unspecified atom stereocenters. The highest BCUT2D eigenvalue weighted by atomic mass is 16.7. The Balaban J connectivity index is 2.12. The zero-order chi connectivity index (χ0) is 43.5. The molecule has 0 aromatic rings. The quantitative estimate of drug-likeness (QED) is 0.120. The Morgan fingerprint density at radius 1 is 0.948 bits per heavy atom. The van der Waals surface area contributed by atoms with Gasteiger partial charge in [0.15, 0.2) is 0 Å². The van der Waals surface area contributed by atoms with Crippen molar-refractivity contribution >= 4 is 29.4 Å². The number of carboxylic acids is 1. The van der Waals surface area contributed by atoms with Crippen LogP contribution < -0.4 is 5.32 Å². The van der Waals surface area contributed by atoms with Crippen LogP contribution in [-0.4, -0.2) is 126 Å². The highest BCUT2D eigenvalue weighted by Crippen LogP contribution is 2.38. The third-order valence-electron chi connectivity index (χ3n) is 12.3. The molecule has 0 spiro atoms. The van der Waals surface area contributed by atoms with E-state index in [2.05, 4.69) is 5.32 Å². The summed E-state index contributed by atoms with van der Waals surface area (Å²) in [6.07, 6.45) is 0.469. The summed E-state index contributed by atoms with van der Waals surface area (Å²) >= 11 is 0. The topological polar surface area (TPSA) is 224 Å². The van der Waals surface area contributed by atoms with Crippen molar-refractivity contribution in [3.8, 4) is 0 Å².